The van der Waals surface area contributed by atoms with Crippen molar-refractivity contribution in [1.82, 2.24) is 0 Å². The number of fused-ring (bicyclic) bond motifs is 1. The molecule has 0 saturated heterocycles. The molecular weight excluding hydrogens is 340 g/mol. The van der Waals surface area contributed by atoms with E-state index in [-0.39, 0.29) is 5.69 Å². The Kier molecular flexibility index (Phi) is 4.76. The number of hydrogen-bond donors (Lipinski definition) is 1. The Labute approximate surface area is 149 Å². The van der Waals surface area contributed by atoms with E-state index in [0.29, 0.717) is 16.8 Å². The molecule has 1 aliphatic heterocycles. The minimum absolute atomic E-state index is 0.0198. The summed E-state index contributed by atoms with van der Waals surface area (Å²) in [5.74, 6) is -0.506. The standard InChI is InChI=1S/C18H16N2O4S/c1-11-16(18(21)24-2)17(12-7-3-5-9-14(12)20(22)23)25-15-10-6-4-8-13(15)19-11/h3-10,17,19H,1-2H3. The van der Waals surface area contributed by atoms with Gasteiger partial charge in [0.15, 0.2) is 0 Å². The van der Waals surface area contributed by atoms with Gasteiger partial charge in [-0.2, -0.15) is 0 Å². The van der Waals surface area contributed by atoms with Crippen LogP contribution in [0.15, 0.2) is 64.7 Å². The van der Waals surface area contributed by atoms with Gasteiger partial charge in [0, 0.05) is 22.2 Å². The SMILES string of the molecule is COC(=O)C1=C(C)Nc2ccccc2SC1c1ccccc1[N+](=O)[O-]. The lowest BCUT2D eigenvalue weighted by molar-refractivity contribution is -0.385. The second-order valence-corrected chi connectivity index (χ2v) is 6.61. The van der Waals surface area contributed by atoms with E-state index < -0.39 is 16.1 Å². The van der Waals surface area contributed by atoms with E-state index in [2.05, 4.69) is 5.32 Å². The topological polar surface area (TPSA) is 81.5 Å². The third-order valence-corrected chi connectivity index (χ3v) is 5.28. The maximum atomic E-state index is 12.4. The number of carbonyl (C=O) groups is 1. The Morgan fingerprint density at radius 1 is 1.20 bits per heavy atom. The normalized spacial score (nSPS) is 16.5. The number of nitrogens with zero attached hydrogens (tertiary/aromatic N) is 1. The van der Waals surface area contributed by atoms with Crippen molar-refractivity contribution in [2.45, 2.75) is 17.1 Å². The molecule has 0 fully saturated rings. The van der Waals surface area contributed by atoms with Gasteiger partial charge in [0.2, 0.25) is 0 Å². The van der Waals surface area contributed by atoms with Gasteiger partial charge in [-0.15, -0.1) is 11.8 Å². The zero-order valence-corrected chi connectivity index (χ0v) is 14.5. The number of ether oxygens (including phenoxy) is 1. The molecule has 0 aliphatic carbocycles. The monoisotopic (exact) mass is 356 g/mol. The second-order valence-electron chi connectivity index (χ2n) is 5.47. The number of benzene rings is 2. The summed E-state index contributed by atoms with van der Waals surface area (Å²) in [6.07, 6.45) is 0. The number of methoxy groups -OCH3 is 1. The van der Waals surface area contributed by atoms with Gasteiger partial charge in [-0.25, -0.2) is 4.79 Å². The number of nitro benzene ring substituents is 1. The molecule has 0 saturated carbocycles. The smallest absolute Gasteiger partial charge is 0.337 e. The van der Waals surface area contributed by atoms with Crippen molar-refractivity contribution >= 4 is 29.1 Å². The Bertz CT molecular complexity index is 879. The highest BCUT2D eigenvalue weighted by atomic mass is 32.2. The Morgan fingerprint density at radius 2 is 1.88 bits per heavy atom. The molecule has 1 N–H and O–H groups in total. The summed E-state index contributed by atoms with van der Waals surface area (Å²) in [6.45, 7) is 1.77. The fourth-order valence-electron chi connectivity index (χ4n) is 2.79. The predicted octanol–water partition coefficient (Wildman–Crippen LogP) is 4.30. The maximum absolute atomic E-state index is 12.4. The number of rotatable bonds is 3. The van der Waals surface area contributed by atoms with Crippen LogP contribution in [0.25, 0.3) is 0 Å². The highest BCUT2D eigenvalue weighted by molar-refractivity contribution is 8.00. The molecular formula is C18H16N2O4S. The van der Waals surface area contributed by atoms with Crippen LogP contribution in [0.5, 0.6) is 0 Å². The van der Waals surface area contributed by atoms with E-state index >= 15 is 0 Å². The number of nitro groups is 1. The van der Waals surface area contributed by atoms with Crippen LogP contribution in [0, 0.1) is 10.1 Å². The molecule has 0 spiro atoms. The minimum atomic E-state index is -0.551. The number of hydrogen-bond acceptors (Lipinski definition) is 6. The molecule has 6 nitrogen and oxygen atoms in total. The average Bonchev–Trinajstić information content (AvgIpc) is 2.76. The van der Waals surface area contributed by atoms with Crippen molar-refractivity contribution in [3.05, 3.63) is 75.5 Å². The minimum Gasteiger partial charge on any atom is -0.466 e. The number of nitrogens with one attached hydrogen (secondary N) is 1. The van der Waals surface area contributed by atoms with Crippen LogP contribution < -0.4 is 5.32 Å². The quantitative estimate of drug-likeness (QED) is 0.502. The van der Waals surface area contributed by atoms with E-state index in [1.807, 2.05) is 24.3 Å². The predicted molar refractivity (Wildman–Crippen MR) is 96.5 cm³/mol. The lowest BCUT2D eigenvalue weighted by atomic mass is 10.0. The van der Waals surface area contributed by atoms with Gasteiger partial charge in [-0.3, -0.25) is 10.1 Å². The molecule has 1 heterocycles. The Morgan fingerprint density at radius 3 is 2.60 bits per heavy atom. The van der Waals surface area contributed by atoms with Crippen molar-refractivity contribution in [2.24, 2.45) is 0 Å². The van der Waals surface area contributed by atoms with Crippen LogP contribution in [-0.2, 0) is 9.53 Å². The van der Waals surface area contributed by atoms with Crippen molar-refractivity contribution < 1.29 is 14.5 Å². The van der Waals surface area contributed by atoms with Crippen LogP contribution in [0.4, 0.5) is 11.4 Å². The van der Waals surface area contributed by atoms with Gasteiger partial charge in [0.05, 0.1) is 28.5 Å². The average molecular weight is 356 g/mol. The number of anilines is 1. The van der Waals surface area contributed by atoms with Crippen molar-refractivity contribution in [1.29, 1.82) is 0 Å². The van der Waals surface area contributed by atoms with Crippen molar-refractivity contribution in [2.75, 3.05) is 12.4 Å². The summed E-state index contributed by atoms with van der Waals surface area (Å²) in [5.41, 5.74) is 2.29. The fourth-order valence-corrected chi connectivity index (χ4v) is 4.16. The van der Waals surface area contributed by atoms with Gasteiger partial charge < -0.3 is 10.1 Å². The third kappa shape index (κ3) is 3.23. The number of esters is 1. The molecule has 0 aromatic heterocycles. The summed E-state index contributed by atoms with van der Waals surface area (Å²) < 4.78 is 4.95. The molecule has 128 valence electrons. The van der Waals surface area contributed by atoms with Crippen LogP contribution in [-0.4, -0.2) is 18.0 Å². The molecule has 3 rings (SSSR count). The van der Waals surface area contributed by atoms with E-state index in [9.17, 15) is 14.9 Å². The number of para-hydroxylation sites is 2. The van der Waals surface area contributed by atoms with Crippen LogP contribution >= 0.6 is 11.8 Å². The summed E-state index contributed by atoms with van der Waals surface area (Å²) in [7, 11) is 1.31. The highest BCUT2D eigenvalue weighted by Gasteiger charge is 2.34. The second kappa shape index (κ2) is 6.98. The summed E-state index contributed by atoms with van der Waals surface area (Å²) in [4.78, 5) is 24.4. The van der Waals surface area contributed by atoms with Crippen molar-refractivity contribution in [3.63, 3.8) is 0 Å². The molecule has 25 heavy (non-hydrogen) atoms. The molecule has 1 atom stereocenters. The van der Waals surface area contributed by atoms with E-state index in [1.165, 1.54) is 24.9 Å². The zero-order chi connectivity index (χ0) is 18.0. The zero-order valence-electron chi connectivity index (χ0n) is 13.7. The molecule has 1 aliphatic rings. The number of thioether (sulfide) groups is 1. The van der Waals surface area contributed by atoms with Crippen LogP contribution in [0.2, 0.25) is 0 Å². The summed E-state index contributed by atoms with van der Waals surface area (Å²) in [6, 6.07) is 14.1. The lowest BCUT2D eigenvalue weighted by Gasteiger charge is -2.18. The Balaban J connectivity index is 2.22. The first kappa shape index (κ1) is 17.0. The summed E-state index contributed by atoms with van der Waals surface area (Å²) >= 11 is 1.39. The van der Waals surface area contributed by atoms with Crippen molar-refractivity contribution in [3.8, 4) is 0 Å². The first-order chi connectivity index (χ1) is 12.0. The highest BCUT2D eigenvalue weighted by Crippen LogP contribution is 2.49. The largest absolute Gasteiger partial charge is 0.466 e. The molecule has 2 aromatic rings. The van der Waals surface area contributed by atoms with Crippen LogP contribution in [0.1, 0.15) is 17.7 Å². The van der Waals surface area contributed by atoms with Crippen LogP contribution in [0.3, 0.4) is 0 Å². The van der Waals surface area contributed by atoms with E-state index in [0.717, 1.165) is 10.6 Å². The molecule has 1 unspecified atom stereocenters. The molecule has 0 amide bonds. The molecule has 0 bridgehead atoms. The summed E-state index contributed by atoms with van der Waals surface area (Å²) in [5, 5.41) is 14.1. The van der Waals surface area contributed by atoms with Gasteiger partial charge in [-0.1, -0.05) is 30.3 Å². The van der Waals surface area contributed by atoms with E-state index in [1.54, 1.807) is 25.1 Å². The number of carbonyl (C=O) groups excluding carboxylic acids is 1. The van der Waals surface area contributed by atoms with Gasteiger partial charge in [0.25, 0.3) is 5.69 Å². The maximum Gasteiger partial charge on any atom is 0.337 e. The molecule has 7 heteroatoms. The molecule has 2 aromatic carbocycles. The van der Waals surface area contributed by atoms with Gasteiger partial charge in [-0.05, 0) is 19.1 Å². The first-order valence-electron chi connectivity index (χ1n) is 7.58. The first-order valence-corrected chi connectivity index (χ1v) is 8.46. The third-order valence-electron chi connectivity index (χ3n) is 3.94. The van der Waals surface area contributed by atoms with Gasteiger partial charge >= 0.3 is 5.97 Å². The molecule has 0 radical (unpaired) electrons. The van der Waals surface area contributed by atoms with E-state index in [4.69, 9.17) is 4.74 Å². The fraction of sp³-hybridized carbons (Fsp3) is 0.167. The number of allylic oxidation sites excluding steroid dienone is 1. The lowest BCUT2D eigenvalue weighted by Crippen LogP contribution is -2.15. The Hall–Kier alpha value is -2.80. The van der Waals surface area contributed by atoms with Gasteiger partial charge in [0.1, 0.15) is 0 Å².